The number of hydrogen-bond donors (Lipinski definition) is 0. The number of unbranched alkanes of at least 4 members (excludes halogenated alkanes) is 24. The molecule has 2 unspecified atom stereocenters. The Hall–Kier alpha value is -0.440. The van der Waals surface area contributed by atoms with E-state index in [0.29, 0.717) is 12.8 Å². The molecule has 0 aromatic rings. The minimum Gasteiger partial charge on any atom is -0.770 e. The SMILES string of the molecule is CCCCCCCCCCCCCCCC(=O)OCC(COP(=O)([O-])C(=O)OC)OC(=O)CCCCCCCCCCCCCCC.[Na+]. The molecule has 0 N–H and O–H groups in total. The van der Waals surface area contributed by atoms with Crippen LogP contribution < -0.4 is 34.5 Å². The van der Waals surface area contributed by atoms with Gasteiger partial charge in [0.05, 0.1) is 13.7 Å². The molecule has 0 fully saturated rings. The normalized spacial score (nSPS) is 12.9. The first-order valence-corrected chi connectivity index (χ1v) is 20.7. The van der Waals surface area contributed by atoms with Crippen molar-refractivity contribution in [1.82, 2.24) is 0 Å². The first-order valence-electron chi connectivity index (χ1n) is 19.2. The molecule has 2 atom stereocenters. The molecule has 48 heavy (non-hydrogen) atoms. The van der Waals surface area contributed by atoms with Crippen LogP contribution in [0.25, 0.3) is 0 Å². The third-order valence-electron chi connectivity index (χ3n) is 8.53. The van der Waals surface area contributed by atoms with Crippen molar-refractivity contribution in [3.63, 3.8) is 0 Å². The minimum absolute atomic E-state index is 0. The van der Waals surface area contributed by atoms with Crippen LogP contribution in [0.5, 0.6) is 0 Å². The Morgan fingerprint density at radius 1 is 0.542 bits per heavy atom. The van der Waals surface area contributed by atoms with Crippen LogP contribution in [0, 0.1) is 0 Å². The van der Waals surface area contributed by atoms with Crippen LogP contribution in [-0.4, -0.2) is 44.1 Å². The van der Waals surface area contributed by atoms with Crippen molar-refractivity contribution in [2.45, 2.75) is 200 Å². The average Bonchev–Trinajstić information content (AvgIpc) is 3.06. The summed E-state index contributed by atoms with van der Waals surface area (Å²) in [4.78, 5) is 48.2. The van der Waals surface area contributed by atoms with Crippen LogP contribution in [0.4, 0.5) is 4.79 Å². The van der Waals surface area contributed by atoms with Crippen molar-refractivity contribution < 1.29 is 72.1 Å². The third kappa shape index (κ3) is 32.7. The van der Waals surface area contributed by atoms with Crippen molar-refractivity contribution in [2.75, 3.05) is 20.3 Å². The molecule has 0 saturated heterocycles. The van der Waals surface area contributed by atoms with Crippen molar-refractivity contribution in [3.05, 3.63) is 0 Å². The fourth-order valence-corrected chi connectivity index (χ4v) is 6.23. The van der Waals surface area contributed by atoms with E-state index in [-0.39, 0.29) is 49.0 Å². The molecule has 0 aliphatic heterocycles. The van der Waals surface area contributed by atoms with Crippen LogP contribution in [0.3, 0.4) is 0 Å². The van der Waals surface area contributed by atoms with Gasteiger partial charge in [-0.1, -0.05) is 168 Å². The van der Waals surface area contributed by atoms with Crippen LogP contribution in [0.2, 0.25) is 0 Å². The van der Waals surface area contributed by atoms with E-state index in [1.165, 1.54) is 116 Å². The third-order valence-corrected chi connectivity index (χ3v) is 9.64. The summed E-state index contributed by atoms with van der Waals surface area (Å²) in [6.45, 7) is 3.50. The predicted octanol–water partition coefficient (Wildman–Crippen LogP) is 7.74. The van der Waals surface area contributed by atoms with Gasteiger partial charge in [-0.15, -0.1) is 0 Å². The summed E-state index contributed by atoms with van der Waals surface area (Å²) in [6, 6.07) is 0. The summed E-state index contributed by atoms with van der Waals surface area (Å²) >= 11 is 0. The molecule has 0 aromatic heterocycles. The van der Waals surface area contributed by atoms with E-state index in [2.05, 4.69) is 18.6 Å². The Kier molecular flexibility index (Phi) is 37.6. The quantitative estimate of drug-likeness (QED) is 0.0213. The Balaban J connectivity index is 0. The maximum atomic E-state index is 12.5. The number of esters is 2. The smallest absolute Gasteiger partial charge is 0.770 e. The number of carbonyl (C=O) groups is 3. The van der Waals surface area contributed by atoms with Gasteiger partial charge in [-0.25, -0.2) is 4.79 Å². The summed E-state index contributed by atoms with van der Waals surface area (Å²) in [5, 5.41) is 0. The molecule has 0 heterocycles. The van der Waals surface area contributed by atoms with Gasteiger partial charge in [0.25, 0.3) is 0 Å². The fourth-order valence-electron chi connectivity index (χ4n) is 5.54. The second-order valence-corrected chi connectivity index (χ2v) is 14.7. The molecule has 0 aliphatic rings. The number of carbonyl (C=O) groups excluding carboxylic acids is 3. The monoisotopic (exact) mass is 712 g/mol. The van der Waals surface area contributed by atoms with Gasteiger partial charge in [0.15, 0.2) is 6.10 Å². The molecule has 11 heteroatoms. The predicted molar refractivity (Wildman–Crippen MR) is 187 cm³/mol. The van der Waals surface area contributed by atoms with Gasteiger partial charge in [-0.3, -0.25) is 14.2 Å². The Bertz CT molecular complexity index is 812. The maximum absolute atomic E-state index is 12.5. The Morgan fingerprint density at radius 2 is 0.875 bits per heavy atom. The van der Waals surface area contributed by atoms with Crippen LogP contribution in [-0.2, 0) is 32.9 Å². The van der Waals surface area contributed by atoms with Crippen molar-refractivity contribution in [1.29, 1.82) is 0 Å². The molecular weight excluding hydrogens is 642 g/mol. The van der Waals surface area contributed by atoms with Gasteiger partial charge in [-0.2, -0.15) is 0 Å². The van der Waals surface area contributed by atoms with Gasteiger partial charge >= 0.3 is 47.2 Å². The zero-order valence-electron chi connectivity index (χ0n) is 31.4. The summed E-state index contributed by atoms with van der Waals surface area (Å²) in [7, 11) is -4.03. The average molecular weight is 713 g/mol. The van der Waals surface area contributed by atoms with E-state index in [1.807, 2.05) is 0 Å². The zero-order valence-corrected chi connectivity index (χ0v) is 34.3. The molecule has 0 aliphatic carbocycles. The standard InChI is InChI=1S/C37H71O9P.Na/c1-4-6-8-10-12-14-16-18-20-22-24-26-28-30-35(38)44-32-34(33-45-47(41,42)37(40)43-3)46-36(39)31-29-27-25-23-21-19-17-15-13-11-9-7-5-2;/h34H,4-33H2,1-3H3,(H,41,42);/q;+1/p-1. The van der Waals surface area contributed by atoms with Crippen molar-refractivity contribution in [2.24, 2.45) is 0 Å². The summed E-state index contributed by atoms with van der Waals surface area (Å²) < 4.78 is 31.6. The van der Waals surface area contributed by atoms with E-state index < -0.39 is 38.0 Å². The second kappa shape index (κ2) is 36.4. The summed E-state index contributed by atoms with van der Waals surface area (Å²) in [5.74, 6) is -0.961. The molecule has 0 radical (unpaired) electrons. The molecule has 0 amide bonds. The van der Waals surface area contributed by atoms with E-state index in [9.17, 15) is 23.8 Å². The van der Waals surface area contributed by atoms with Gasteiger partial charge in [0.1, 0.15) is 6.61 Å². The maximum Gasteiger partial charge on any atom is 1.00 e. The molecule has 278 valence electrons. The molecule has 0 spiro atoms. The van der Waals surface area contributed by atoms with Crippen molar-refractivity contribution in [3.8, 4) is 0 Å². The molecule has 0 saturated carbocycles. The topological polar surface area (TPSA) is 128 Å². The molecule has 0 aromatic carbocycles. The van der Waals surface area contributed by atoms with Crippen molar-refractivity contribution >= 4 is 25.2 Å². The van der Waals surface area contributed by atoms with E-state index >= 15 is 0 Å². The minimum atomic E-state index is -4.97. The van der Waals surface area contributed by atoms with E-state index in [4.69, 9.17) is 14.0 Å². The molecule has 0 bridgehead atoms. The first-order chi connectivity index (χ1) is 22.8. The van der Waals surface area contributed by atoms with E-state index in [1.54, 1.807) is 0 Å². The fraction of sp³-hybridized carbons (Fsp3) is 0.919. The zero-order chi connectivity index (χ0) is 34.9. The van der Waals surface area contributed by atoms with Gasteiger partial charge < -0.3 is 23.6 Å². The molecule has 9 nitrogen and oxygen atoms in total. The van der Waals surface area contributed by atoms with Crippen LogP contribution in [0.1, 0.15) is 194 Å². The number of hydrogen-bond acceptors (Lipinski definition) is 9. The Labute approximate surface area is 315 Å². The summed E-state index contributed by atoms with van der Waals surface area (Å²) in [5.41, 5.74) is -1.52. The second-order valence-electron chi connectivity index (χ2n) is 13.0. The van der Waals surface area contributed by atoms with Gasteiger partial charge in [0.2, 0.25) is 7.60 Å². The number of methoxy groups -OCH3 is 1. The number of rotatable bonds is 35. The van der Waals surface area contributed by atoms with Crippen LogP contribution in [0.15, 0.2) is 0 Å². The Morgan fingerprint density at radius 3 is 1.23 bits per heavy atom. The molecular formula is C37H70NaO9P. The summed E-state index contributed by atoms with van der Waals surface area (Å²) in [6.07, 6.45) is 30.4. The van der Waals surface area contributed by atoms with Gasteiger partial charge in [0, 0.05) is 12.8 Å². The van der Waals surface area contributed by atoms with Gasteiger partial charge in [-0.05, 0) is 12.8 Å². The number of ether oxygens (including phenoxy) is 3. The van der Waals surface area contributed by atoms with Crippen LogP contribution >= 0.6 is 7.60 Å². The van der Waals surface area contributed by atoms with E-state index in [0.717, 1.165) is 45.6 Å². The first kappa shape index (κ1) is 49.7. The largest absolute Gasteiger partial charge is 1.00 e. The molecule has 0 rings (SSSR count).